The van der Waals surface area contributed by atoms with Crippen molar-refractivity contribution in [3.63, 3.8) is 0 Å². The molecule has 4 nitrogen and oxygen atoms in total. The van der Waals surface area contributed by atoms with E-state index in [1.165, 1.54) is 12.0 Å². The number of carbonyl (C=O) groups excluding carboxylic acids is 1. The van der Waals surface area contributed by atoms with E-state index in [2.05, 4.69) is 34.6 Å². The van der Waals surface area contributed by atoms with Crippen LogP contribution in [0.2, 0.25) is 0 Å². The molecule has 0 atom stereocenters. The summed E-state index contributed by atoms with van der Waals surface area (Å²) in [7, 11) is 0. The molecule has 0 unspecified atom stereocenters. The number of carbonyl (C=O) groups is 1. The molecule has 2 fully saturated rings. The van der Waals surface area contributed by atoms with Gasteiger partial charge in [0.25, 0.3) is 5.91 Å². The van der Waals surface area contributed by atoms with Gasteiger partial charge in [-0.05, 0) is 43.2 Å². The van der Waals surface area contributed by atoms with Crippen molar-refractivity contribution in [2.45, 2.75) is 32.1 Å². The first kappa shape index (κ1) is 16.7. The molecule has 1 aromatic heterocycles. The molecular formula is C20H25N3OS. The van der Waals surface area contributed by atoms with Gasteiger partial charge in [0.05, 0.1) is 5.01 Å². The van der Waals surface area contributed by atoms with E-state index in [1.807, 2.05) is 16.3 Å². The van der Waals surface area contributed by atoms with Crippen molar-refractivity contribution in [2.24, 2.45) is 5.41 Å². The molecule has 1 aromatic carbocycles. The van der Waals surface area contributed by atoms with E-state index in [4.69, 9.17) is 0 Å². The summed E-state index contributed by atoms with van der Waals surface area (Å²) in [5.74, 6) is 0.114. The van der Waals surface area contributed by atoms with Crippen LogP contribution in [0, 0.1) is 5.41 Å². The lowest BCUT2D eigenvalue weighted by atomic mass is 9.78. The largest absolute Gasteiger partial charge is 0.337 e. The molecule has 0 bridgehead atoms. The zero-order valence-corrected chi connectivity index (χ0v) is 15.4. The fraction of sp³-hybridized carbons (Fsp3) is 0.500. The van der Waals surface area contributed by atoms with E-state index >= 15 is 0 Å². The van der Waals surface area contributed by atoms with Gasteiger partial charge in [-0.1, -0.05) is 30.3 Å². The van der Waals surface area contributed by atoms with Gasteiger partial charge in [0.1, 0.15) is 5.69 Å². The van der Waals surface area contributed by atoms with Gasteiger partial charge in [-0.2, -0.15) is 0 Å². The molecule has 5 heteroatoms. The van der Waals surface area contributed by atoms with Gasteiger partial charge in [0, 0.05) is 31.4 Å². The Balaban J connectivity index is 1.33. The Hall–Kier alpha value is -1.72. The third-order valence-corrected chi connectivity index (χ3v) is 6.59. The van der Waals surface area contributed by atoms with Crippen molar-refractivity contribution >= 4 is 17.2 Å². The topological polar surface area (TPSA) is 45.2 Å². The van der Waals surface area contributed by atoms with Crippen LogP contribution in [0.3, 0.4) is 0 Å². The third-order valence-electron chi connectivity index (χ3n) is 5.68. The van der Waals surface area contributed by atoms with E-state index in [9.17, 15) is 4.79 Å². The molecule has 1 spiro atoms. The molecule has 1 N–H and O–H groups in total. The molecule has 2 aliphatic rings. The van der Waals surface area contributed by atoms with Crippen LogP contribution in [0.5, 0.6) is 0 Å². The first-order valence-electron chi connectivity index (χ1n) is 9.23. The van der Waals surface area contributed by atoms with Crippen LogP contribution in [0.4, 0.5) is 0 Å². The summed E-state index contributed by atoms with van der Waals surface area (Å²) < 4.78 is 0. The van der Waals surface area contributed by atoms with Crippen molar-refractivity contribution in [3.05, 3.63) is 52.0 Å². The van der Waals surface area contributed by atoms with Crippen LogP contribution >= 0.6 is 11.3 Å². The van der Waals surface area contributed by atoms with Crippen molar-refractivity contribution in [3.8, 4) is 0 Å². The molecule has 2 saturated heterocycles. The summed E-state index contributed by atoms with van der Waals surface area (Å²) in [5.41, 5.74) is 2.39. The molecule has 132 valence electrons. The summed E-state index contributed by atoms with van der Waals surface area (Å²) >= 11 is 1.61. The summed E-state index contributed by atoms with van der Waals surface area (Å²) in [4.78, 5) is 19.3. The summed E-state index contributed by atoms with van der Waals surface area (Å²) in [6.45, 7) is 3.99. The van der Waals surface area contributed by atoms with Crippen molar-refractivity contribution in [2.75, 3.05) is 26.2 Å². The average Bonchev–Trinajstić information content (AvgIpc) is 3.31. The smallest absolute Gasteiger partial charge is 0.273 e. The van der Waals surface area contributed by atoms with Gasteiger partial charge in [-0.3, -0.25) is 4.79 Å². The number of aryl methyl sites for hydroxylation is 2. The highest BCUT2D eigenvalue weighted by atomic mass is 32.1. The molecule has 1 amide bonds. The minimum atomic E-state index is 0.114. The normalized spacial score (nSPS) is 19.4. The number of benzene rings is 1. The van der Waals surface area contributed by atoms with E-state index in [-0.39, 0.29) is 5.91 Å². The molecule has 25 heavy (non-hydrogen) atoms. The van der Waals surface area contributed by atoms with Crippen LogP contribution in [0.15, 0.2) is 35.7 Å². The van der Waals surface area contributed by atoms with Crippen LogP contribution in [-0.4, -0.2) is 42.0 Å². The molecule has 2 aromatic rings. The number of nitrogens with zero attached hydrogens (tertiary/aromatic N) is 2. The van der Waals surface area contributed by atoms with E-state index in [1.54, 1.807) is 11.3 Å². The average molecular weight is 356 g/mol. The number of thiazole rings is 1. The number of nitrogens with one attached hydrogen (secondary N) is 1. The highest BCUT2D eigenvalue weighted by Crippen LogP contribution is 2.37. The Bertz CT molecular complexity index is 712. The highest BCUT2D eigenvalue weighted by Gasteiger charge is 2.38. The van der Waals surface area contributed by atoms with Gasteiger partial charge < -0.3 is 10.2 Å². The zero-order valence-electron chi connectivity index (χ0n) is 14.5. The Labute approximate surface area is 153 Å². The lowest BCUT2D eigenvalue weighted by Crippen LogP contribution is -2.44. The SMILES string of the molecule is O=C(c1csc(CCc2ccccc2)n1)N1CCC2(CCNC2)CC1. The number of hydrogen-bond donors (Lipinski definition) is 1. The number of amides is 1. The second-order valence-corrected chi connectivity index (χ2v) is 8.27. The number of aromatic nitrogens is 1. The highest BCUT2D eigenvalue weighted by molar-refractivity contribution is 7.09. The lowest BCUT2D eigenvalue weighted by molar-refractivity contribution is 0.0602. The first-order chi connectivity index (χ1) is 12.2. The van der Waals surface area contributed by atoms with Gasteiger partial charge in [-0.15, -0.1) is 11.3 Å². The summed E-state index contributed by atoms with van der Waals surface area (Å²) in [5, 5.41) is 6.47. The third kappa shape index (κ3) is 3.77. The minimum absolute atomic E-state index is 0.114. The Morgan fingerprint density at radius 1 is 1.16 bits per heavy atom. The molecule has 0 saturated carbocycles. The second-order valence-electron chi connectivity index (χ2n) is 7.33. The molecular weight excluding hydrogens is 330 g/mol. The molecule has 0 aliphatic carbocycles. The Morgan fingerprint density at radius 2 is 1.96 bits per heavy atom. The fourth-order valence-corrected chi connectivity index (χ4v) is 4.76. The van der Waals surface area contributed by atoms with E-state index in [0.717, 1.165) is 56.9 Å². The first-order valence-corrected chi connectivity index (χ1v) is 10.1. The molecule has 2 aliphatic heterocycles. The maximum Gasteiger partial charge on any atom is 0.273 e. The van der Waals surface area contributed by atoms with E-state index in [0.29, 0.717) is 11.1 Å². The van der Waals surface area contributed by atoms with Crippen LogP contribution in [0.25, 0.3) is 0 Å². The number of piperidine rings is 1. The van der Waals surface area contributed by atoms with Gasteiger partial charge in [-0.25, -0.2) is 4.98 Å². The minimum Gasteiger partial charge on any atom is -0.337 e. The fourth-order valence-electron chi connectivity index (χ4n) is 3.99. The summed E-state index contributed by atoms with van der Waals surface area (Å²) in [6, 6.07) is 10.4. The maximum absolute atomic E-state index is 12.7. The summed E-state index contributed by atoms with van der Waals surface area (Å²) in [6.07, 6.45) is 5.38. The predicted molar refractivity (Wildman–Crippen MR) is 101 cm³/mol. The standard InChI is InChI=1S/C20H25N3OS/c24-19(23-12-9-20(10-13-23)8-11-21-15-20)17-14-25-18(22-17)7-6-16-4-2-1-3-5-16/h1-5,14,21H,6-13,15H2. The van der Waals surface area contributed by atoms with Gasteiger partial charge in [0.15, 0.2) is 0 Å². The molecule has 4 rings (SSSR count). The maximum atomic E-state index is 12.7. The lowest BCUT2D eigenvalue weighted by Gasteiger charge is -2.38. The number of likely N-dealkylation sites (tertiary alicyclic amines) is 1. The monoisotopic (exact) mass is 355 g/mol. The van der Waals surface area contributed by atoms with Crippen molar-refractivity contribution in [1.29, 1.82) is 0 Å². The predicted octanol–water partition coefficient (Wildman–Crippen LogP) is 3.14. The van der Waals surface area contributed by atoms with Gasteiger partial charge >= 0.3 is 0 Å². The molecule has 3 heterocycles. The van der Waals surface area contributed by atoms with Crippen molar-refractivity contribution < 1.29 is 4.79 Å². The van der Waals surface area contributed by atoms with Crippen LogP contribution in [0.1, 0.15) is 40.3 Å². The Kier molecular flexibility index (Phi) is 4.86. The Morgan fingerprint density at radius 3 is 2.68 bits per heavy atom. The van der Waals surface area contributed by atoms with Crippen LogP contribution in [-0.2, 0) is 12.8 Å². The van der Waals surface area contributed by atoms with Crippen molar-refractivity contribution in [1.82, 2.24) is 15.2 Å². The number of hydrogen-bond acceptors (Lipinski definition) is 4. The zero-order chi connectivity index (χ0) is 17.1. The second kappa shape index (κ2) is 7.26. The van der Waals surface area contributed by atoms with Crippen LogP contribution < -0.4 is 5.32 Å². The van der Waals surface area contributed by atoms with E-state index < -0.39 is 0 Å². The number of rotatable bonds is 4. The van der Waals surface area contributed by atoms with Gasteiger partial charge in [0.2, 0.25) is 0 Å². The quantitative estimate of drug-likeness (QED) is 0.916. The molecule has 0 radical (unpaired) electrons.